The second-order valence-corrected chi connectivity index (χ2v) is 10.8. The highest BCUT2D eigenvalue weighted by Crippen LogP contribution is 2.36. The largest absolute Gasteiger partial charge is 0.466 e. The van der Waals surface area contributed by atoms with E-state index in [1.165, 1.54) is 4.90 Å². The van der Waals surface area contributed by atoms with Gasteiger partial charge in [-0.05, 0) is 77.5 Å². The summed E-state index contributed by atoms with van der Waals surface area (Å²) in [5.41, 5.74) is 6.84. The Balaban J connectivity index is 2.50. The molecular weight excluding hydrogens is 504 g/mol. The third-order valence-electron chi connectivity index (χ3n) is 6.39. The summed E-state index contributed by atoms with van der Waals surface area (Å²) in [6, 6.07) is 2.86. The first-order valence-electron chi connectivity index (χ1n) is 13.3. The van der Waals surface area contributed by atoms with Gasteiger partial charge in [0.15, 0.2) is 0 Å². The van der Waals surface area contributed by atoms with Crippen molar-refractivity contribution in [3.63, 3.8) is 0 Å². The molecule has 0 bridgehead atoms. The van der Waals surface area contributed by atoms with Gasteiger partial charge in [-0.3, -0.25) is 19.2 Å². The molecule has 2 atom stereocenters. The van der Waals surface area contributed by atoms with Gasteiger partial charge in [0.1, 0.15) is 17.7 Å². The van der Waals surface area contributed by atoms with Crippen molar-refractivity contribution in [3.05, 3.63) is 34.9 Å². The lowest BCUT2D eigenvalue weighted by Gasteiger charge is -2.44. The third kappa shape index (κ3) is 9.26. The fourth-order valence-electron chi connectivity index (χ4n) is 4.49. The fourth-order valence-corrected chi connectivity index (χ4v) is 4.49. The number of benzene rings is 1. The van der Waals surface area contributed by atoms with E-state index in [-0.39, 0.29) is 25.6 Å². The maximum absolute atomic E-state index is 14.1. The summed E-state index contributed by atoms with van der Waals surface area (Å²) < 4.78 is 10.3. The summed E-state index contributed by atoms with van der Waals surface area (Å²) in [6.45, 7) is 10.7. The molecule has 1 aromatic rings. The number of carbonyl (C=O) groups excluding carboxylic acids is 5. The van der Waals surface area contributed by atoms with Crippen LogP contribution in [0.3, 0.4) is 0 Å². The van der Waals surface area contributed by atoms with E-state index >= 15 is 0 Å². The number of carbonyl (C=O) groups is 5. The van der Waals surface area contributed by atoms with E-state index < -0.39 is 53.9 Å². The zero-order valence-corrected chi connectivity index (χ0v) is 23.8. The number of nitrogens with two attached hydrogens (primary N) is 1. The number of ether oxygens (including phenoxy) is 2. The quantitative estimate of drug-likeness (QED) is 0.340. The van der Waals surface area contributed by atoms with Crippen LogP contribution in [0.2, 0.25) is 0 Å². The van der Waals surface area contributed by atoms with Crippen molar-refractivity contribution < 1.29 is 33.4 Å². The Hall–Kier alpha value is -3.63. The van der Waals surface area contributed by atoms with Gasteiger partial charge in [-0.15, -0.1) is 0 Å². The molecule has 11 heteroatoms. The van der Waals surface area contributed by atoms with Gasteiger partial charge in [0.2, 0.25) is 17.7 Å². The first kappa shape index (κ1) is 31.6. The summed E-state index contributed by atoms with van der Waals surface area (Å²) in [6.07, 6.45) is 0.793. The normalized spacial score (nSPS) is 14.8. The molecule has 0 aromatic heterocycles. The number of nitrogens with zero attached hydrogens (tertiary/aromatic N) is 1. The Morgan fingerprint density at radius 1 is 1.10 bits per heavy atom. The minimum absolute atomic E-state index is 0.0205. The van der Waals surface area contributed by atoms with Crippen LogP contribution in [0.5, 0.6) is 0 Å². The number of rotatable bonds is 12. The Bertz CT molecular complexity index is 1040. The second-order valence-electron chi connectivity index (χ2n) is 10.8. The van der Waals surface area contributed by atoms with Crippen LogP contribution in [-0.2, 0) is 28.7 Å². The van der Waals surface area contributed by atoms with E-state index in [1.807, 2.05) is 32.0 Å². The molecule has 4 amide bonds. The van der Waals surface area contributed by atoms with E-state index in [4.69, 9.17) is 15.2 Å². The molecule has 4 N–H and O–H groups in total. The van der Waals surface area contributed by atoms with Gasteiger partial charge in [-0.2, -0.15) is 0 Å². The van der Waals surface area contributed by atoms with E-state index in [2.05, 4.69) is 10.6 Å². The van der Waals surface area contributed by atoms with Crippen LogP contribution in [0.15, 0.2) is 18.2 Å². The van der Waals surface area contributed by atoms with Crippen LogP contribution in [-0.4, -0.2) is 65.5 Å². The predicted octanol–water partition coefficient (Wildman–Crippen LogP) is 2.56. The zero-order chi connectivity index (χ0) is 29.3. The van der Waals surface area contributed by atoms with Gasteiger partial charge in [0.05, 0.1) is 19.4 Å². The van der Waals surface area contributed by atoms with Gasteiger partial charge in [-0.25, -0.2) is 4.79 Å². The van der Waals surface area contributed by atoms with E-state index in [9.17, 15) is 24.0 Å². The standard InChI is InChI=1S/C28H42N4O7/c1-7-38-22(34)14-15-30-25(35)24(23-17(2)10-8-11-18(23)3)32(19-12-9-13-19)26(36)20(16-21(29)33)31-27(37)39-28(4,5)6/h8,10-11,19-20,24H,7,9,12-16H2,1-6H3,(H2,29,33)(H,30,35)(H,31,37). The molecule has 0 saturated heterocycles. The van der Waals surface area contributed by atoms with Crippen LogP contribution < -0.4 is 16.4 Å². The lowest BCUT2D eigenvalue weighted by Crippen LogP contribution is -2.58. The summed E-state index contributed by atoms with van der Waals surface area (Å²) >= 11 is 0. The van der Waals surface area contributed by atoms with Crippen molar-refractivity contribution in [3.8, 4) is 0 Å². The van der Waals surface area contributed by atoms with Crippen molar-refractivity contribution in [2.24, 2.45) is 5.73 Å². The Morgan fingerprint density at radius 2 is 1.72 bits per heavy atom. The number of hydrogen-bond donors (Lipinski definition) is 3. The highest BCUT2D eigenvalue weighted by atomic mass is 16.6. The fraction of sp³-hybridized carbons (Fsp3) is 0.607. The first-order valence-corrected chi connectivity index (χ1v) is 13.3. The maximum Gasteiger partial charge on any atom is 0.408 e. The van der Waals surface area contributed by atoms with Gasteiger partial charge >= 0.3 is 12.1 Å². The molecule has 1 saturated carbocycles. The molecule has 0 spiro atoms. The highest BCUT2D eigenvalue weighted by molar-refractivity contribution is 5.95. The molecule has 2 unspecified atom stereocenters. The second kappa shape index (κ2) is 14.0. The smallest absolute Gasteiger partial charge is 0.408 e. The number of hydrogen-bond acceptors (Lipinski definition) is 7. The predicted molar refractivity (Wildman–Crippen MR) is 144 cm³/mol. The van der Waals surface area contributed by atoms with Crippen LogP contribution in [0, 0.1) is 13.8 Å². The third-order valence-corrected chi connectivity index (χ3v) is 6.39. The summed E-state index contributed by atoms with van der Waals surface area (Å²) in [5, 5.41) is 5.27. The number of esters is 1. The minimum Gasteiger partial charge on any atom is -0.466 e. The van der Waals surface area contributed by atoms with Crippen LogP contribution in [0.1, 0.15) is 82.5 Å². The summed E-state index contributed by atoms with van der Waals surface area (Å²) in [7, 11) is 0. The number of aryl methyl sites for hydroxylation is 2. The highest BCUT2D eigenvalue weighted by Gasteiger charge is 2.43. The molecule has 0 radical (unpaired) electrons. The van der Waals surface area contributed by atoms with Gasteiger partial charge in [-0.1, -0.05) is 18.2 Å². The molecule has 216 valence electrons. The lowest BCUT2D eigenvalue weighted by molar-refractivity contribution is -0.148. The van der Waals surface area contributed by atoms with Gasteiger partial charge in [0, 0.05) is 12.6 Å². The van der Waals surface area contributed by atoms with Crippen molar-refractivity contribution in [2.75, 3.05) is 13.2 Å². The van der Waals surface area contributed by atoms with Crippen LogP contribution >= 0.6 is 0 Å². The first-order chi connectivity index (χ1) is 18.2. The monoisotopic (exact) mass is 546 g/mol. The maximum atomic E-state index is 14.1. The molecule has 2 rings (SSSR count). The lowest BCUT2D eigenvalue weighted by atomic mass is 9.86. The number of amides is 4. The van der Waals surface area contributed by atoms with Crippen molar-refractivity contribution >= 4 is 29.8 Å². The minimum atomic E-state index is -1.34. The molecular formula is C28H42N4O7. The number of nitrogens with one attached hydrogen (secondary N) is 2. The van der Waals surface area contributed by atoms with E-state index in [0.717, 1.165) is 17.5 Å². The Morgan fingerprint density at radius 3 is 2.21 bits per heavy atom. The molecule has 39 heavy (non-hydrogen) atoms. The van der Waals surface area contributed by atoms with Crippen LogP contribution in [0.4, 0.5) is 4.79 Å². The van der Waals surface area contributed by atoms with E-state index in [0.29, 0.717) is 18.4 Å². The number of primary amides is 1. The molecule has 1 fully saturated rings. The van der Waals surface area contributed by atoms with E-state index in [1.54, 1.807) is 27.7 Å². The Labute approximate surface area is 230 Å². The van der Waals surface area contributed by atoms with Crippen molar-refractivity contribution in [1.82, 2.24) is 15.5 Å². The van der Waals surface area contributed by atoms with Crippen molar-refractivity contribution in [2.45, 2.75) is 97.4 Å². The molecule has 1 aliphatic rings. The topological polar surface area (TPSA) is 157 Å². The molecule has 11 nitrogen and oxygen atoms in total. The molecule has 0 aliphatic heterocycles. The molecule has 0 heterocycles. The van der Waals surface area contributed by atoms with Gasteiger partial charge in [0.25, 0.3) is 0 Å². The average molecular weight is 547 g/mol. The molecule has 1 aromatic carbocycles. The van der Waals surface area contributed by atoms with Crippen molar-refractivity contribution in [1.29, 1.82) is 0 Å². The Kier molecular flexibility index (Phi) is 11.3. The van der Waals surface area contributed by atoms with Gasteiger partial charge < -0.3 is 30.7 Å². The average Bonchev–Trinajstić information content (AvgIpc) is 2.76. The molecule has 1 aliphatic carbocycles. The van der Waals surface area contributed by atoms with Crippen LogP contribution in [0.25, 0.3) is 0 Å². The summed E-state index contributed by atoms with van der Waals surface area (Å²) in [5.74, 6) is -2.33. The SMILES string of the molecule is CCOC(=O)CCNC(=O)C(c1c(C)cccc1C)N(C(=O)C(CC(N)=O)NC(=O)OC(C)(C)C)C1CCC1. The zero-order valence-electron chi connectivity index (χ0n) is 23.8. The number of alkyl carbamates (subject to hydrolysis) is 1. The summed E-state index contributed by atoms with van der Waals surface area (Å²) in [4.78, 5) is 65.7.